The van der Waals surface area contributed by atoms with Crippen molar-refractivity contribution in [2.24, 2.45) is 5.92 Å². The van der Waals surface area contributed by atoms with E-state index in [0.717, 1.165) is 27.2 Å². The number of nitrogens with zero attached hydrogens (tertiary/aromatic N) is 1. The second kappa shape index (κ2) is 10.7. The summed E-state index contributed by atoms with van der Waals surface area (Å²) in [7, 11) is 0. The molecule has 2 atom stereocenters. The second-order valence-electron chi connectivity index (χ2n) is 8.13. The molecule has 0 fully saturated rings. The van der Waals surface area contributed by atoms with Crippen LogP contribution in [0.4, 0.5) is 4.79 Å². The largest absolute Gasteiger partial charge is 0.480 e. The number of hydrogen-bond acceptors (Lipinski definition) is 4. The highest BCUT2D eigenvalue weighted by molar-refractivity contribution is 5.88. The van der Waals surface area contributed by atoms with Gasteiger partial charge >= 0.3 is 12.1 Å². The van der Waals surface area contributed by atoms with Gasteiger partial charge in [-0.3, -0.25) is 9.59 Å². The molecule has 0 saturated carbocycles. The predicted octanol–water partition coefficient (Wildman–Crippen LogP) is 3.49. The number of benzene rings is 2. The maximum Gasteiger partial charge on any atom is 0.407 e. The molecule has 0 aromatic heterocycles. The van der Waals surface area contributed by atoms with E-state index in [9.17, 15) is 14.4 Å². The minimum absolute atomic E-state index is 0.106. The van der Waals surface area contributed by atoms with Crippen LogP contribution in [0.3, 0.4) is 0 Å². The van der Waals surface area contributed by atoms with Gasteiger partial charge in [0.05, 0.1) is 6.54 Å². The van der Waals surface area contributed by atoms with Gasteiger partial charge in [-0.1, -0.05) is 74.7 Å². The number of hydrogen-bond donors (Lipinski definition) is 2. The second-order valence-corrected chi connectivity index (χ2v) is 8.13. The normalized spacial score (nSPS) is 13.7. The maximum absolute atomic E-state index is 13.0. The lowest BCUT2D eigenvalue weighted by atomic mass is 9.97. The monoisotopic (exact) mass is 448 g/mol. The summed E-state index contributed by atoms with van der Waals surface area (Å²) in [6, 6.07) is 15.1. The molecule has 2 amide bonds. The Morgan fingerprint density at radius 2 is 1.70 bits per heavy atom. The fourth-order valence-corrected chi connectivity index (χ4v) is 4.13. The van der Waals surface area contributed by atoms with Crippen LogP contribution in [0.1, 0.15) is 37.3 Å². The van der Waals surface area contributed by atoms with Crippen molar-refractivity contribution in [2.45, 2.75) is 32.2 Å². The molecular weight excluding hydrogens is 420 g/mol. The van der Waals surface area contributed by atoms with Gasteiger partial charge in [0.2, 0.25) is 5.91 Å². The number of amides is 2. The zero-order chi connectivity index (χ0) is 24.0. The molecule has 0 aliphatic heterocycles. The van der Waals surface area contributed by atoms with Crippen LogP contribution in [-0.4, -0.2) is 53.7 Å². The van der Waals surface area contributed by atoms with E-state index in [4.69, 9.17) is 16.3 Å². The topological polar surface area (TPSA) is 95.9 Å². The molecular formula is C26H28N2O5. The molecule has 7 heteroatoms. The first kappa shape index (κ1) is 23.9. The summed E-state index contributed by atoms with van der Waals surface area (Å²) in [5, 5.41) is 11.7. The van der Waals surface area contributed by atoms with E-state index in [0.29, 0.717) is 6.42 Å². The molecule has 1 aliphatic carbocycles. The number of carbonyl (C=O) groups excluding carboxylic acids is 2. The number of ether oxygens (including phenoxy) is 1. The first-order chi connectivity index (χ1) is 15.9. The van der Waals surface area contributed by atoms with Crippen LogP contribution in [0.15, 0.2) is 48.5 Å². The van der Waals surface area contributed by atoms with Crippen molar-refractivity contribution >= 4 is 18.0 Å². The van der Waals surface area contributed by atoms with E-state index in [-0.39, 0.29) is 25.0 Å². The highest BCUT2D eigenvalue weighted by atomic mass is 16.5. The number of terminal acetylenes is 1. The third-order valence-corrected chi connectivity index (χ3v) is 6.02. The molecule has 1 unspecified atom stereocenters. The van der Waals surface area contributed by atoms with Crippen LogP contribution in [0.2, 0.25) is 0 Å². The van der Waals surface area contributed by atoms with Gasteiger partial charge in [-0.05, 0) is 28.2 Å². The van der Waals surface area contributed by atoms with Crippen LogP contribution in [-0.2, 0) is 14.3 Å². The summed E-state index contributed by atoms with van der Waals surface area (Å²) >= 11 is 0. The number of carbonyl (C=O) groups is 3. The molecule has 1 aliphatic rings. The minimum Gasteiger partial charge on any atom is -0.480 e. The van der Waals surface area contributed by atoms with E-state index < -0.39 is 30.6 Å². The Bertz CT molecular complexity index is 1030. The fraction of sp³-hybridized carbons (Fsp3) is 0.346. The van der Waals surface area contributed by atoms with E-state index in [1.807, 2.05) is 55.5 Å². The highest BCUT2D eigenvalue weighted by Gasteiger charge is 2.33. The molecule has 172 valence electrons. The first-order valence-corrected chi connectivity index (χ1v) is 10.9. The molecule has 2 N–H and O–H groups in total. The Hall–Kier alpha value is -3.79. The molecule has 7 nitrogen and oxygen atoms in total. The Morgan fingerprint density at radius 1 is 1.12 bits per heavy atom. The summed E-state index contributed by atoms with van der Waals surface area (Å²) in [4.78, 5) is 37.9. The number of carboxylic acid groups (broad SMARTS) is 1. The molecule has 33 heavy (non-hydrogen) atoms. The van der Waals surface area contributed by atoms with Gasteiger partial charge in [0.15, 0.2) is 0 Å². The van der Waals surface area contributed by atoms with Crippen LogP contribution in [0.25, 0.3) is 11.1 Å². The average Bonchev–Trinajstić information content (AvgIpc) is 3.13. The summed E-state index contributed by atoms with van der Waals surface area (Å²) < 4.78 is 5.56. The zero-order valence-electron chi connectivity index (χ0n) is 18.8. The van der Waals surface area contributed by atoms with Crippen LogP contribution in [0, 0.1) is 18.3 Å². The summed E-state index contributed by atoms with van der Waals surface area (Å²) in [5.74, 6) is 0.227. The van der Waals surface area contributed by atoms with Crippen molar-refractivity contribution in [1.29, 1.82) is 0 Å². The van der Waals surface area contributed by atoms with Crippen LogP contribution >= 0.6 is 0 Å². The minimum atomic E-state index is -1.18. The van der Waals surface area contributed by atoms with Crippen molar-refractivity contribution in [2.75, 3.05) is 19.7 Å². The van der Waals surface area contributed by atoms with Gasteiger partial charge in [-0.25, -0.2) is 4.79 Å². The number of rotatable bonds is 9. The van der Waals surface area contributed by atoms with Crippen LogP contribution in [0.5, 0.6) is 0 Å². The molecule has 2 aromatic rings. The molecule has 0 bridgehead atoms. The van der Waals surface area contributed by atoms with Crippen molar-refractivity contribution < 1.29 is 24.2 Å². The summed E-state index contributed by atoms with van der Waals surface area (Å²) in [6.45, 7) is 3.10. The van der Waals surface area contributed by atoms with Crippen molar-refractivity contribution in [3.8, 4) is 23.5 Å². The predicted molar refractivity (Wildman–Crippen MR) is 124 cm³/mol. The van der Waals surface area contributed by atoms with Gasteiger partial charge < -0.3 is 20.1 Å². The molecule has 0 saturated heterocycles. The van der Waals surface area contributed by atoms with Gasteiger partial charge in [-0.2, -0.15) is 0 Å². The average molecular weight is 449 g/mol. The third kappa shape index (κ3) is 5.35. The smallest absolute Gasteiger partial charge is 0.407 e. The molecule has 0 heterocycles. The van der Waals surface area contributed by atoms with E-state index >= 15 is 0 Å². The van der Waals surface area contributed by atoms with Crippen LogP contribution < -0.4 is 5.32 Å². The van der Waals surface area contributed by atoms with Gasteiger partial charge in [-0.15, -0.1) is 6.42 Å². The van der Waals surface area contributed by atoms with Gasteiger partial charge in [0, 0.05) is 5.92 Å². The highest BCUT2D eigenvalue weighted by Crippen LogP contribution is 2.44. The lowest BCUT2D eigenvalue weighted by molar-refractivity contribution is -0.145. The zero-order valence-corrected chi connectivity index (χ0v) is 18.8. The number of fused-ring (bicyclic) bond motifs is 3. The Balaban J connectivity index is 1.72. The Morgan fingerprint density at radius 3 is 2.21 bits per heavy atom. The van der Waals surface area contributed by atoms with Crippen molar-refractivity contribution in [3.63, 3.8) is 0 Å². The van der Waals surface area contributed by atoms with Crippen molar-refractivity contribution in [3.05, 3.63) is 59.7 Å². The van der Waals surface area contributed by atoms with E-state index in [1.165, 1.54) is 0 Å². The molecule has 3 rings (SSSR count). The Labute approximate surface area is 193 Å². The van der Waals surface area contributed by atoms with E-state index in [1.54, 1.807) is 6.92 Å². The molecule has 0 spiro atoms. The molecule has 0 radical (unpaired) electrons. The third-order valence-electron chi connectivity index (χ3n) is 6.02. The van der Waals surface area contributed by atoms with Crippen molar-refractivity contribution in [1.82, 2.24) is 10.2 Å². The molecule has 2 aromatic carbocycles. The SMILES string of the molecule is C#CCN(CC(=O)O)C(=O)[C@@H](NC(=O)OCC1c2ccccc2-c2ccccc21)C(C)CC. The van der Waals surface area contributed by atoms with E-state index in [2.05, 4.69) is 11.2 Å². The van der Waals surface area contributed by atoms with Gasteiger partial charge in [0.1, 0.15) is 19.2 Å². The van der Waals surface area contributed by atoms with Gasteiger partial charge in [0.25, 0.3) is 0 Å². The summed E-state index contributed by atoms with van der Waals surface area (Å²) in [5.41, 5.74) is 4.41. The maximum atomic E-state index is 13.0. The number of alkyl carbamates (subject to hydrolysis) is 1. The Kier molecular flexibility index (Phi) is 7.73. The first-order valence-electron chi connectivity index (χ1n) is 10.9. The fourth-order valence-electron chi connectivity index (χ4n) is 4.13. The lowest BCUT2D eigenvalue weighted by Gasteiger charge is -2.28. The quantitative estimate of drug-likeness (QED) is 0.573. The number of carboxylic acids is 1. The summed E-state index contributed by atoms with van der Waals surface area (Å²) in [6.07, 6.45) is 5.16. The number of aliphatic carboxylic acids is 1. The number of nitrogens with one attached hydrogen (secondary N) is 1. The standard InChI is InChI=1S/C26H28N2O5/c1-4-14-28(15-23(29)30)25(31)24(17(3)5-2)27-26(32)33-16-22-20-12-8-6-10-18(20)19-11-7-9-13-21(19)22/h1,6-13,17,22,24H,5,14-16H2,2-3H3,(H,27,32)(H,29,30)/t17?,24-/m0/s1. The lowest BCUT2D eigenvalue weighted by Crippen LogP contribution is -2.53.